The molecule has 1 aromatic heterocycles. The van der Waals surface area contributed by atoms with E-state index < -0.39 is 5.97 Å². The molecular formula is C14H15NO4. The Bertz CT molecular complexity index is 642. The molecule has 2 rings (SSSR count). The summed E-state index contributed by atoms with van der Waals surface area (Å²) in [7, 11) is 4.69. The number of esters is 1. The van der Waals surface area contributed by atoms with Crippen LogP contribution in [0, 0.1) is 0 Å². The van der Waals surface area contributed by atoms with Crippen LogP contribution in [0.15, 0.2) is 24.4 Å². The minimum Gasteiger partial charge on any atom is -0.497 e. The first kappa shape index (κ1) is 13.1. The minimum absolute atomic E-state index is 0.257. The first-order chi connectivity index (χ1) is 9.06. The lowest BCUT2D eigenvalue weighted by atomic mass is 10.1. The SMILES string of the molecule is COC(=O)CC(=O)c1cn(C)c2ccc(OC)cc12. The predicted octanol–water partition coefficient (Wildman–Crippen LogP) is 1.93. The fraction of sp³-hybridized carbons (Fsp3) is 0.286. The molecule has 1 heterocycles. The molecule has 0 N–H and O–H groups in total. The van der Waals surface area contributed by atoms with Crippen molar-refractivity contribution in [3.8, 4) is 5.75 Å². The minimum atomic E-state index is -0.537. The highest BCUT2D eigenvalue weighted by Gasteiger charge is 2.17. The normalized spacial score (nSPS) is 10.5. The van der Waals surface area contributed by atoms with Crippen LogP contribution in [0.4, 0.5) is 0 Å². The zero-order valence-corrected chi connectivity index (χ0v) is 11.1. The average molecular weight is 261 g/mol. The fourth-order valence-corrected chi connectivity index (χ4v) is 2.02. The number of Topliss-reactive ketones (excluding diaryl/α,β-unsaturated/α-hetero) is 1. The third-order valence-corrected chi connectivity index (χ3v) is 3.03. The van der Waals surface area contributed by atoms with E-state index in [4.69, 9.17) is 4.74 Å². The van der Waals surface area contributed by atoms with Crippen LogP contribution in [0.25, 0.3) is 10.9 Å². The molecule has 5 nitrogen and oxygen atoms in total. The molecule has 0 radical (unpaired) electrons. The second-order valence-corrected chi connectivity index (χ2v) is 4.21. The molecule has 0 saturated heterocycles. The van der Waals surface area contributed by atoms with Crippen molar-refractivity contribution in [2.45, 2.75) is 6.42 Å². The van der Waals surface area contributed by atoms with E-state index in [9.17, 15) is 9.59 Å². The summed E-state index contributed by atoms with van der Waals surface area (Å²) in [6.45, 7) is 0. The van der Waals surface area contributed by atoms with Crippen LogP contribution in [0.5, 0.6) is 5.75 Å². The van der Waals surface area contributed by atoms with E-state index in [1.54, 1.807) is 19.4 Å². The maximum atomic E-state index is 12.1. The Labute approximate surface area is 110 Å². The zero-order valence-electron chi connectivity index (χ0n) is 11.1. The molecule has 100 valence electrons. The van der Waals surface area contributed by atoms with Gasteiger partial charge < -0.3 is 14.0 Å². The van der Waals surface area contributed by atoms with E-state index in [0.29, 0.717) is 11.3 Å². The zero-order chi connectivity index (χ0) is 14.0. The van der Waals surface area contributed by atoms with E-state index in [0.717, 1.165) is 10.9 Å². The van der Waals surface area contributed by atoms with E-state index >= 15 is 0 Å². The van der Waals surface area contributed by atoms with E-state index in [2.05, 4.69) is 4.74 Å². The van der Waals surface area contributed by atoms with E-state index in [1.807, 2.05) is 23.7 Å². The predicted molar refractivity (Wildman–Crippen MR) is 70.4 cm³/mol. The molecule has 0 fully saturated rings. The van der Waals surface area contributed by atoms with Crippen molar-refractivity contribution in [2.24, 2.45) is 7.05 Å². The fourth-order valence-electron chi connectivity index (χ4n) is 2.02. The van der Waals surface area contributed by atoms with Gasteiger partial charge >= 0.3 is 5.97 Å². The molecule has 0 aliphatic rings. The summed E-state index contributed by atoms with van der Waals surface area (Å²) >= 11 is 0. The van der Waals surface area contributed by atoms with Gasteiger partial charge in [0.05, 0.1) is 14.2 Å². The van der Waals surface area contributed by atoms with Crippen LogP contribution in [0.1, 0.15) is 16.8 Å². The molecule has 0 bridgehead atoms. The lowest BCUT2D eigenvalue weighted by Gasteiger charge is -2.02. The summed E-state index contributed by atoms with van der Waals surface area (Å²) in [5.41, 5.74) is 1.41. The van der Waals surface area contributed by atoms with Gasteiger partial charge in [-0.1, -0.05) is 0 Å². The van der Waals surface area contributed by atoms with Crippen molar-refractivity contribution in [3.63, 3.8) is 0 Å². The second kappa shape index (κ2) is 5.14. The highest BCUT2D eigenvalue weighted by atomic mass is 16.5. The lowest BCUT2D eigenvalue weighted by Crippen LogP contribution is -2.09. The maximum Gasteiger partial charge on any atom is 0.313 e. The first-order valence-corrected chi connectivity index (χ1v) is 5.80. The third kappa shape index (κ3) is 2.45. The van der Waals surface area contributed by atoms with Gasteiger partial charge in [0.2, 0.25) is 0 Å². The summed E-state index contributed by atoms with van der Waals surface area (Å²) in [4.78, 5) is 23.3. The molecule has 0 atom stereocenters. The van der Waals surface area contributed by atoms with Gasteiger partial charge in [-0.15, -0.1) is 0 Å². The molecule has 5 heteroatoms. The molecule has 0 aliphatic carbocycles. The topological polar surface area (TPSA) is 57.5 Å². The van der Waals surface area contributed by atoms with Gasteiger partial charge in [0, 0.05) is 29.7 Å². The Morgan fingerprint density at radius 3 is 2.63 bits per heavy atom. The van der Waals surface area contributed by atoms with Crippen LogP contribution < -0.4 is 4.74 Å². The number of methoxy groups -OCH3 is 2. The molecular weight excluding hydrogens is 246 g/mol. The van der Waals surface area contributed by atoms with Gasteiger partial charge in [-0.05, 0) is 18.2 Å². The van der Waals surface area contributed by atoms with Gasteiger partial charge in [0.1, 0.15) is 12.2 Å². The lowest BCUT2D eigenvalue weighted by molar-refractivity contribution is -0.139. The second-order valence-electron chi connectivity index (χ2n) is 4.21. The van der Waals surface area contributed by atoms with Crippen LogP contribution in [-0.4, -0.2) is 30.5 Å². The Balaban J connectivity index is 2.47. The Kier molecular flexibility index (Phi) is 3.55. The first-order valence-electron chi connectivity index (χ1n) is 5.80. The highest BCUT2D eigenvalue weighted by molar-refractivity contribution is 6.13. The number of ketones is 1. The summed E-state index contributed by atoms with van der Waals surface area (Å²) in [5.74, 6) is -0.124. The van der Waals surface area contributed by atoms with Gasteiger partial charge in [0.25, 0.3) is 0 Å². The molecule has 2 aromatic rings. The molecule has 1 aromatic carbocycles. The molecule has 0 amide bonds. The maximum absolute atomic E-state index is 12.1. The Hall–Kier alpha value is -2.30. The van der Waals surface area contributed by atoms with E-state index in [-0.39, 0.29) is 12.2 Å². The monoisotopic (exact) mass is 261 g/mol. The van der Waals surface area contributed by atoms with Crippen molar-refractivity contribution < 1.29 is 19.1 Å². The Morgan fingerprint density at radius 2 is 2.00 bits per heavy atom. The number of hydrogen-bond donors (Lipinski definition) is 0. The summed E-state index contributed by atoms with van der Waals surface area (Å²) < 4.78 is 11.5. The number of aryl methyl sites for hydroxylation is 1. The van der Waals surface area contributed by atoms with Gasteiger partial charge in [-0.2, -0.15) is 0 Å². The number of rotatable bonds is 4. The largest absolute Gasteiger partial charge is 0.497 e. The van der Waals surface area contributed by atoms with Crippen molar-refractivity contribution in [3.05, 3.63) is 30.0 Å². The van der Waals surface area contributed by atoms with Gasteiger partial charge in [-0.25, -0.2) is 0 Å². The molecule has 0 saturated carbocycles. The standard InChI is InChI=1S/C14H15NO4/c1-15-8-11(13(16)7-14(17)19-3)10-6-9(18-2)4-5-12(10)15/h4-6,8H,7H2,1-3H3. The number of fused-ring (bicyclic) bond motifs is 1. The number of hydrogen-bond acceptors (Lipinski definition) is 4. The van der Waals surface area contributed by atoms with E-state index in [1.165, 1.54) is 7.11 Å². The van der Waals surface area contributed by atoms with Crippen molar-refractivity contribution in [1.82, 2.24) is 4.57 Å². The van der Waals surface area contributed by atoms with Crippen LogP contribution in [0.2, 0.25) is 0 Å². The number of aromatic nitrogens is 1. The quantitative estimate of drug-likeness (QED) is 0.479. The van der Waals surface area contributed by atoms with Crippen LogP contribution in [-0.2, 0) is 16.6 Å². The van der Waals surface area contributed by atoms with Crippen LogP contribution >= 0.6 is 0 Å². The molecule has 0 aliphatic heterocycles. The third-order valence-electron chi connectivity index (χ3n) is 3.03. The van der Waals surface area contributed by atoms with Crippen LogP contribution in [0.3, 0.4) is 0 Å². The summed E-state index contributed by atoms with van der Waals surface area (Å²) in [5, 5.41) is 0.774. The van der Waals surface area contributed by atoms with Crippen molar-refractivity contribution in [2.75, 3.05) is 14.2 Å². The Morgan fingerprint density at radius 1 is 1.26 bits per heavy atom. The smallest absolute Gasteiger partial charge is 0.313 e. The molecule has 0 unspecified atom stereocenters. The number of benzene rings is 1. The number of carbonyl (C=O) groups excluding carboxylic acids is 2. The van der Waals surface area contributed by atoms with Crippen molar-refractivity contribution in [1.29, 1.82) is 0 Å². The highest BCUT2D eigenvalue weighted by Crippen LogP contribution is 2.26. The number of carbonyl (C=O) groups is 2. The average Bonchev–Trinajstić information content (AvgIpc) is 2.75. The van der Waals surface area contributed by atoms with Crippen molar-refractivity contribution >= 4 is 22.7 Å². The summed E-state index contributed by atoms with van der Waals surface area (Å²) in [6, 6.07) is 5.50. The number of nitrogens with zero attached hydrogens (tertiary/aromatic N) is 1. The number of ether oxygens (including phenoxy) is 2. The molecule has 19 heavy (non-hydrogen) atoms. The summed E-state index contributed by atoms with van der Waals surface area (Å²) in [6.07, 6.45) is 1.46. The molecule has 0 spiro atoms. The van der Waals surface area contributed by atoms with Gasteiger partial charge in [-0.3, -0.25) is 9.59 Å². The van der Waals surface area contributed by atoms with Gasteiger partial charge in [0.15, 0.2) is 5.78 Å².